The van der Waals surface area contributed by atoms with Crippen molar-refractivity contribution in [3.8, 4) is 0 Å². The molecule has 88 valence electrons. The number of carbonyl (C=O) groups excluding carboxylic acids is 1. The van der Waals surface area contributed by atoms with Gasteiger partial charge in [0.05, 0.1) is 5.00 Å². The van der Waals surface area contributed by atoms with E-state index in [1.165, 1.54) is 11.3 Å². The summed E-state index contributed by atoms with van der Waals surface area (Å²) in [7, 11) is 0. The summed E-state index contributed by atoms with van der Waals surface area (Å²) in [6.07, 6.45) is 1.62. The van der Waals surface area contributed by atoms with Crippen LogP contribution in [0.3, 0.4) is 0 Å². The second-order valence-corrected chi connectivity index (χ2v) is 4.56. The number of amides is 1. The molecule has 0 aromatic carbocycles. The van der Waals surface area contributed by atoms with E-state index in [0.29, 0.717) is 12.2 Å². The molecule has 2 aromatic heterocycles. The summed E-state index contributed by atoms with van der Waals surface area (Å²) < 4.78 is 0. The molecule has 4 nitrogen and oxygen atoms in total. The number of hydrogen-bond donors (Lipinski definition) is 2. The van der Waals surface area contributed by atoms with Crippen molar-refractivity contribution in [3.05, 3.63) is 46.6 Å². The molecule has 2 heterocycles. The highest BCUT2D eigenvalue weighted by Gasteiger charge is 2.09. The minimum absolute atomic E-state index is 0.195. The van der Waals surface area contributed by atoms with Crippen LogP contribution in [0.5, 0.6) is 0 Å². The number of nitrogens with one attached hydrogen (secondary N) is 1. The van der Waals surface area contributed by atoms with Crippen molar-refractivity contribution in [1.29, 1.82) is 0 Å². The van der Waals surface area contributed by atoms with Gasteiger partial charge in [-0.2, -0.15) is 0 Å². The Balaban J connectivity index is 2.12. The van der Waals surface area contributed by atoms with Gasteiger partial charge in [-0.3, -0.25) is 9.78 Å². The molecule has 0 saturated carbocycles. The number of aromatic nitrogens is 1. The van der Waals surface area contributed by atoms with Gasteiger partial charge < -0.3 is 11.1 Å². The van der Waals surface area contributed by atoms with E-state index in [1.807, 2.05) is 24.4 Å². The Hall–Kier alpha value is -1.72. The van der Waals surface area contributed by atoms with Crippen molar-refractivity contribution in [3.63, 3.8) is 0 Å². The number of aryl methyl sites for hydroxylation is 1. The van der Waals surface area contributed by atoms with E-state index in [4.69, 9.17) is 5.73 Å². The number of anilines is 1. The fourth-order valence-corrected chi connectivity index (χ4v) is 2.16. The minimum atomic E-state index is -0.195. The highest BCUT2D eigenvalue weighted by atomic mass is 32.1. The smallest absolute Gasteiger partial charge is 0.274 e. The summed E-state index contributed by atoms with van der Waals surface area (Å²) >= 11 is 1.50. The van der Waals surface area contributed by atoms with Gasteiger partial charge in [0.15, 0.2) is 0 Å². The molecule has 2 rings (SSSR count). The predicted octanol–water partition coefficient (Wildman–Crippen LogP) is 2.16. The van der Waals surface area contributed by atoms with Crippen LogP contribution in [-0.4, -0.2) is 10.9 Å². The zero-order chi connectivity index (χ0) is 12.3. The van der Waals surface area contributed by atoms with E-state index in [0.717, 1.165) is 16.1 Å². The number of nitrogens with two attached hydrogens (primary N) is 1. The summed E-state index contributed by atoms with van der Waals surface area (Å²) in [4.78, 5) is 15.9. The highest BCUT2D eigenvalue weighted by Crippen LogP contribution is 2.22. The molecule has 0 aliphatic carbocycles. The van der Waals surface area contributed by atoms with Crippen molar-refractivity contribution >= 4 is 22.2 Å². The molecule has 0 spiro atoms. The monoisotopic (exact) mass is 247 g/mol. The third-order valence-corrected chi connectivity index (χ3v) is 3.31. The molecular weight excluding hydrogens is 234 g/mol. The van der Waals surface area contributed by atoms with Crippen LogP contribution in [0.4, 0.5) is 5.00 Å². The van der Waals surface area contributed by atoms with E-state index < -0.39 is 0 Å². The number of hydrogen-bond acceptors (Lipinski definition) is 4. The first-order valence-corrected chi connectivity index (χ1v) is 6.09. The van der Waals surface area contributed by atoms with E-state index in [-0.39, 0.29) is 5.91 Å². The number of nitrogens with zero attached hydrogens (tertiary/aromatic N) is 1. The molecule has 0 fully saturated rings. The van der Waals surface area contributed by atoms with Crippen LogP contribution in [0.2, 0.25) is 0 Å². The number of thiophene rings is 1. The Morgan fingerprint density at radius 2 is 2.29 bits per heavy atom. The van der Waals surface area contributed by atoms with E-state index in [9.17, 15) is 4.79 Å². The van der Waals surface area contributed by atoms with Gasteiger partial charge in [0, 0.05) is 12.7 Å². The molecule has 3 N–H and O–H groups in total. The predicted molar refractivity (Wildman–Crippen MR) is 69.1 cm³/mol. The van der Waals surface area contributed by atoms with Gasteiger partial charge in [0.1, 0.15) is 5.69 Å². The number of rotatable bonds is 3. The lowest BCUT2D eigenvalue weighted by molar-refractivity contribution is 0.102. The van der Waals surface area contributed by atoms with Gasteiger partial charge >= 0.3 is 0 Å². The Labute approximate surface area is 103 Å². The Morgan fingerprint density at radius 1 is 1.47 bits per heavy atom. The molecule has 0 radical (unpaired) electrons. The maximum atomic E-state index is 11.9. The molecule has 2 aromatic rings. The van der Waals surface area contributed by atoms with Gasteiger partial charge in [-0.05, 0) is 35.6 Å². The quantitative estimate of drug-likeness (QED) is 0.873. The third kappa shape index (κ3) is 2.69. The maximum Gasteiger partial charge on any atom is 0.274 e. The van der Waals surface area contributed by atoms with Gasteiger partial charge in [-0.1, -0.05) is 6.07 Å². The Kier molecular flexibility index (Phi) is 3.51. The summed E-state index contributed by atoms with van der Waals surface area (Å²) in [5.41, 5.74) is 7.83. The molecule has 0 atom stereocenters. The van der Waals surface area contributed by atoms with E-state index in [1.54, 1.807) is 12.3 Å². The molecule has 0 saturated heterocycles. The number of pyridine rings is 1. The Bertz CT molecular complexity index is 519. The van der Waals surface area contributed by atoms with Crippen molar-refractivity contribution in [2.75, 3.05) is 5.32 Å². The van der Waals surface area contributed by atoms with Crippen LogP contribution in [-0.2, 0) is 6.54 Å². The first kappa shape index (κ1) is 11.8. The topological polar surface area (TPSA) is 68.0 Å². The van der Waals surface area contributed by atoms with Crippen molar-refractivity contribution in [2.24, 2.45) is 5.73 Å². The lowest BCUT2D eigenvalue weighted by atomic mass is 10.2. The molecular formula is C12H13N3OS. The van der Waals surface area contributed by atoms with Crippen molar-refractivity contribution < 1.29 is 4.79 Å². The van der Waals surface area contributed by atoms with Crippen LogP contribution >= 0.6 is 11.3 Å². The van der Waals surface area contributed by atoms with Crippen LogP contribution in [0.15, 0.2) is 29.8 Å². The molecule has 0 unspecified atom stereocenters. The lowest BCUT2D eigenvalue weighted by Crippen LogP contribution is -2.13. The van der Waals surface area contributed by atoms with E-state index >= 15 is 0 Å². The SMILES string of the molecule is Cc1ccsc1NC(=O)c1ccc(CN)cn1. The molecule has 0 bridgehead atoms. The van der Waals surface area contributed by atoms with Crippen LogP contribution in [0.25, 0.3) is 0 Å². The largest absolute Gasteiger partial charge is 0.326 e. The zero-order valence-corrected chi connectivity index (χ0v) is 10.3. The minimum Gasteiger partial charge on any atom is -0.326 e. The second-order valence-electron chi connectivity index (χ2n) is 3.64. The normalized spacial score (nSPS) is 10.2. The first-order chi connectivity index (χ1) is 8.20. The summed E-state index contributed by atoms with van der Waals surface area (Å²) in [6.45, 7) is 2.38. The van der Waals surface area contributed by atoms with Crippen molar-refractivity contribution in [1.82, 2.24) is 4.98 Å². The maximum absolute atomic E-state index is 11.9. The van der Waals surface area contributed by atoms with Gasteiger partial charge in [-0.25, -0.2) is 0 Å². The summed E-state index contributed by atoms with van der Waals surface area (Å²) in [6, 6.07) is 5.45. The Morgan fingerprint density at radius 3 is 2.82 bits per heavy atom. The molecule has 17 heavy (non-hydrogen) atoms. The summed E-state index contributed by atoms with van der Waals surface area (Å²) in [5, 5.41) is 5.63. The van der Waals surface area contributed by atoms with Crippen LogP contribution in [0.1, 0.15) is 21.6 Å². The molecule has 0 aliphatic heterocycles. The van der Waals surface area contributed by atoms with Crippen molar-refractivity contribution in [2.45, 2.75) is 13.5 Å². The second kappa shape index (κ2) is 5.07. The average Bonchev–Trinajstić information content (AvgIpc) is 2.75. The van der Waals surface area contributed by atoms with Gasteiger partial charge in [0.2, 0.25) is 0 Å². The summed E-state index contributed by atoms with van der Waals surface area (Å²) in [5.74, 6) is -0.195. The fourth-order valence-electron chi connectivity index (χ4n) is 1.35. The van der Waals surface area contributed by atoms with Crippen LogP contribution in [0, 0.1) is 6.92 Å². The van der Waals surface area contributed by atoms with E-state index in [2.05, 4.69) is 10.3 Å². The lowest BCUT2D eigenvalue weighted by Gasteiger charge is -2.04. The zero-order valence-electron chi connectivity index (χ0n) is 9.43. The van der Waals surface area contributed by atoms with Gasteiger partial charge in [0.25, 0.3) is 5.91 Å². The third-order valence-electron chi connectivity index (χ3n) is 2.38. The first-order valence-electron chi connectivity index (χ1n) is 5.21. The van der Waals surface area contributed by atoms with Crippen LogP contribution < -0.4 is 11.1 Å². The highest BCUT2D eigenvalue weighted by molar-refractivity contribution is 7.14. The fraction of sp³-hybridized carbons (Fsp3) is 0.167. The molecule has 5 heteroatoms. The molecule has 1 amide bonds. The number of carbonyl (C=O) groups is 1. The molecule has 0 aliphatic rings. The van der Waals surface area contributed by atoms with Gasteiger partial charge in [-0.15, -0.1) is 11.3 Å². The average molecular weight is 247 g/mol. The standard InChI is InChI=1S/C12H13N3OS/c1-8-4-5-17-12(8)15-11(16)10-3-2-9(6-13)7-14-10/h2-5,7H,6,13H2,1H3,(H,15,16).